The summed E-state index contributed by atoms with van der Waals surface area (Å²) in [7, 11) is 1.55. The molecule has 1 aliphatic rings. The normalized spacial score (nSPS) is 13.9. The Morgan fingerprint density at radius 2 is 1.72 bits per heavy atom. The van der Waals surface area contributed by atoms with Crippen LogP contribution in [0.2, 0.25) is 0 Å². The van der Waals surface area contributed by atoms with Crippen molar-refractivity contribution in [2.24, 2.45) is 0 Å². The lowest BCUT2D eigenvalue weighted by molar-refractivity contribution is -0.384. The summed E-state index contributed by atoms with van der Waals surface area (Å²) >= 11 is 1.09. The van der Waals surface area contributed by atoms with Gasteiger partial charge in [0.05, 0.1) is 35.7 Å². The first-order valence-corrected chi connectivity index (χ1v) is 9.66. The molecule has 0 aromatic heterocycles. The molecule has 0 saturated carbocycles. The largest absolute Gasteiger partial charge is 0.497 e. The van der Waals surface area contributed by atoms with Gasteiger partial charge < -0.3 is 9.84 Å². The maximum Gasteiger partial charge on any atom is 0.269 e. The first-order chi connectivity index (χ1) is 14.0. The van der Waals surface area contributed by atoms with E-state index in [1.165, 1.54) is 24.3 Å². The summed E-state index contributed by atoms with van der Waals surface area (Å²) in [4.78, 5) is 37.7. The van der Waals surface area contributed by atoms with E-state index >= 15 is 0 Å². The Balaban J connectivity index is 1.92. The number of carbonyl (C=O) groups excluding carboxylic acids is 2. The van der Waals surface area contributed by atoms with E-state index in [1.54, 1.807) is 31.4 Å². The van der Waals surface area contributed by atoms with Crippen LogP contribution in [0.4, 0.5) is 5.69 Å². The third-order valence-corrected chi connectivity index (χ3v) is 5.38. The average Bonchev–Trinajstić information content (AvgIpc) is 2.97. The molecule has 2 aromatic rings. The predicted octanol–water partition coefficient (Wildman–Crippen LogP) is 2.61. The molecule has 0 radical (unpaired) electrons. The smallest absolute Gasteiger partial charge is 0.269 e. The predicted molar refractivity (Wildman–Crippen MR) is 108 cm³/mol. The van der Waals surface area contributed by atoms with Crippen LogP contribution in [0.15, 0.2) is 53.4 Å². The van der Waals surface area contributed by atoms with E-state index in [1.807, 2.05) is 0 Å². The molecule has 2 aromatic carbocycles. The number of carbonyl (C=O) groups is 2. The zero-order valence-electron chi connectivity index (χ0n) is 15.5. The van der Waals surface area contributed by atoms with Crippen molar-refractivity contribution in [1.82, 2.24) is 4.90 Å². The number of hydrogen-bond donors (Lipinski definition) is 1. The van der Waals surface area contributed by atoms with Crippen molar-refractivity contribution in [2.75, 3.05) is 19.5 Å². The molecule has 29 heavy (non-hydrogen) atoms. The minimum Gasteiger partial charge on any atom is -0.497 e. The van der Waals surface area contributed by atoms with Crippen LogP contribution >= 0.6 is 11.8 Å². The van der Waals surface area contributed by atoms with Crippen LogP contribution < -0.4 is 4.74 Å². The van der Waals surface area contributed by atoms with Crippen LogP contribution in [-0.2, 0) is 16.1 Å². The van der Waals surface area contributed by atoms with Crippen molar-refractivity contribution >= 4 is 34.8 Å². The van der Waals surface area contributed by atoms with Gasteiger partial charge in [-0.25, -0.2) is 0 Å². The molecule has 9 heteroatoms. The molecule has 1 aliphatic heterocycles. The second-order valence-electron chi connectivity index (χ2n) is 6.12. The molecule has 1 heterocycles. The number of aliphatic hydroxyl groups excluding tert-OH is 1. The minimum atomic E-state index is -0.531. The molecule has 0 saturated heterocycles. The van der Waals surface area contributed by atoms with Crippen molar-refractivity contribution in [3.05, 3.63) is 74.7 Å². The maximum absolute atomic E-state index is 13.0. The molecule has 2 amide bonds. The van der Waals surface area contributed by atoms with Gasteiger partial charge >= 0.3 is 0 Å². The van der Waals surface area contributed by atoms with Crippen LogP contribution in [0, 0.1) is 10.1 Å². The quantitative estimate of drug-likeness (QED) is 0.402. The van der Waals surface area contributed by atoms with E-state index in [4.69, 9.17) is 9.84 Å². The number of rotatable bonds is 8. The van der Waals surface area contributed by atoms with Crippen LogP contribution in [-0.4, -0.2) is 46.2 Å². The number of nitro groups is 1. The van der Waals surface area contributed by atoms with Crippen molar-refractivity contribution in [3.8, 4) is 5.75 Å². The lowest BCUT2D eigenvalue weighted by atomic mass is 10.1. The Morgan fingerprint density at radius 3 is 2.28 bits per heavy atom. The van der Waals surface area contributed by atoms with E-state index in [0.29, 0.717) is 11.3 Å². The molecule has 0 unspecified atom stereocenters. The Labute approximate surface area is 170 Å². The van der Waals surface area contributed by atoms with Gasteiger partial charge in [-0.3, -0.25) is 24.6 Å². The third kappa shape index (κ3) is 4.30. The SMILES string of the molecule is COc1ccc(CN2C(=O)C(SCCO)=C(c3ccc([N+](=O)[O-])cc3)C2=O)cc1. The summed E-state index contributed by atoms with van der Waals surface area (Å²) in [6.07, 6.45) is 0. The highest BCUT2D eigenvalue weighted by Gasteiger charge is 2.39. The van der Waals surface area contributed by atoms with E-state index in [2.05, 4.69) is 0 Å². The molecule has 0 spiro atoms. The Morgan fingerprint density at radius 1 is 1.07 bits per heavy atom. The van der Waals surface area contributed by atoms with Gasteiger partial charge in [-0.05, 0) is 35.4 Å². The number of aliphatic hydroxyl groups is 1. The molecular weight excluding hydrogens is 396 g/mol. The molecule has 0 atom stereocenters. The van der Waals surface area contributed by atoms with E-state index < -0.39 is 16.7 Å². The van der Waals surface area contributed by atoms with Crippen molar-refractivity contribution in [2.45, 2.75) is 6.54 Å². The van der Waals surface area contributed by atoms with Gasteiger partial charge in [-0.1, -0.05) is 12.1 Å². The Kier molecular flexibility index (Phi) is 6.30. The van der Waals surface area contributed by atoms with Gasteiger partial charge in [-0.15, -0.1) is 11.8 Å². The molecule has 0 fully saturated rings. The second-order valence-corrected chi connectivity index (χ2v) is 7.23. The van der Waals surface area contributed by atoms with E-state index in [9.17, 15) is 19.7 Å². The summed E-state index contributed by atoms with van der Waals surface area (Å²) < 4.78 is 5.11. The van der Waals surface area contributed by atoms with Crippen LogP contribution in [0.1, 0.15) is 11.1 Å². The Hall–Kier alpha value is -3.17. The Bertz CT molecular complexity index is 969. The third-order valence-electron chi connectivity index (χ3n) is 4.33. The van der Waals surface area contributed by atoms with Gasteiger partial charge in [0.2, 0.25) is 0 Å². The maximum atomic E-state index is 13.0. The number of amides is 2. The highest BCUT2D eigenvalue weighted by Crippen LogP contribution is 2.37. The number of methoxy groups -OCH3 is 1. The number of non-ortho nitro benzene ring substituents is 1. The van der Waals surface area contributed by atoms with E-state index in [0.717, 1.165) is 22.2 Å². The molecular formula is C20H18N2O6S. The minimum absolute atomic E-state index is 0.0847. The fourth-order valence-electron chi connectivity index (χ4n) is 2.90. The highest BCUT2D eigenvalue weighted by molar-refractivity contribution is 8.04. The van der Waals surface area contributed by atoms with Gasteiger partial charge in [0.15, 0.2) is 0 Å². The zero-order valence-corrected chi connectivity index (χ0v) is 16.3. The number of hydrogen-bond acceptors (Lipinski definition) is 7. The standard InChI is InChI=1S/C20H18N2O6S/c1-28-16-8-2-13(3-9-16)12-21-19(24)17(18(20(21)25)29-11-10-23)14-4-6-15(7-5-14)22(26)27/h2-9,23H,10-12H2,1H3. The summed E-state index contributed by atoms with van der Waals surface area (Å²) in [6, 6.07) is 12.5. The van der Waals surface area contributed by atoms with Crippen LogP contribution in [0.5, 0.6) is 5.75 Å². The zero-order chi connectivity index (χ0) is 21.0. The number of ether oxygens (including phenoxy) is 1. The molecule has 8 nitrogen and oxygen atoms in total. The fourth-order valence-corrected chi connectivity index (χ4v) is 3.78. The summed E-state index contributed by atoms with van der Waals surface area (Å²) in [5.41, 5.74) is 1.26. The van der Waals surface area contributed by atoms with Gasteiger partial charge in [-0.2, -0.15) is 0 Å². The summed E-state index contributed by atoms with van der Waals surface area (Å²) in [6.45, 7) is -0.0665. The monoisotopic (exact) mass is 414 g/mol. The molecule has 0 bridgehead atoms. The first-order valence-electron chi connectivity index (χ1n) is 8.68. The summed E-state index contributed by atoms with van der Waals surface area (Å²) in [5, 5.41) is 20.0. The molecule has 3 rings (SSSR count). The lowest BCUT2D eigenvalue weighted by Gasteiger charge is -2.15. The van der Waals surface area contributed by atoms with Gasteiger partial charge in [0.25, 0.3) is 17.5 Å². The number of nitrogens with zero attached hydrogens (tertiary/aromatic N) is 2. The molecule has 150 valence electrons. The molecule has 0 aliphatic carbocycles. The summed E-state index contributed by atoms with van der Waals surface area (Å²) in [5.74, 6) is -0.00395. The van der Waals surface area contributed by atoms with Crippen molar-refractivity contribution in [1.29, 1.82) is 0 Å². The van der Waals surface area contributed by atoms with Crippen molar-refractivity contribution < 1.29 is 24.4 Å². The number of benzene rings is 2. The average molecular weight is 414 g/mol. The molecule has 1 N–H and O–H groups in total. The number of imide groups is 1. The highest BCUT2D eigenvalue weighted by atomic mass is 32.2. The second kappa shape index (κ2) is 8.89. The topological polar surface area (TPSA) is 110 Å². The van der Waals surface area contributed by atoms with Crippen molar-refractivity contribution in [3.63, 3.8) is 0 Å². The first kappa shape index (κ1) is 20.6. The van der Waals surface area contributed by atoms with Gasteiger partial charge in [0.1, 0.15) is 5.75 Å². The number of thioether (sulfide) groups is 1. The van der Waals surface area contributed by atoms with E-state index in [-0.39, 0.29) is 35.1 Å². The lowest BCUT2D eigenvalue weighted by Crippen LogP contribution is -2.30. The van der Waals surface area contributed by atoms with Crippen LogP contribution in [0.25, 0.3) is 5.57 Å². The fraction of sp³-hybridized carbons (Fsp3) is 0.200. The van der Waals surface area contributed by atoms with Crippen LogP contribution in [0.3, 0.4) is 0 Å². The number of nitro benzene ring substituents is 1. The van der Waals surface area contributed by atoms with Gasteiger partial charge in [0, 0.05) is 17.9 Å².